The van der Waals surface area contributed by atoms with Gasteiger partial charge in [-0.05, 0) is 66.6 Å². The van der Waals surface area contributed by atoms with Gasteiger partial charge in [-0.3, -0.25) is 0 Å². The van der Waals surface area contributed by atoms with Crippen LogP contribution < -0.4 is 4.74 Å². The molecule has 1 aromatic heterocycles. The first kappa shape index (κ1) is 16.7. The highest BCUT2D eigenvalue weighted by Crippen LogP contribution is 2.42. The van der Waals surface area contributed by atoms with Gasteiger partial charge in [0.2, 0.25) is 0 Å². The Morgan fingerprint density at radius 2 is 1.96 bits per heavy atom. The average Bonchev–Trinajstić information content (AvgIpc) is 2.89. The van der Waals surface area contributed by atoms with E-state index in [-0.39, 0.29) is 0 Å². The standard InChI is InChI=1S/C22H24BrNO/c1-3-14-4-10-18-20-13-16(23)7-11-21(20)24-22(18)19(12-14)15-5-8-17(25-2)9-6-15/h5-9,11,13-14,19,24H,3-4,10,12H2,1-2H3. The molecule has 0 spiro atoms. The van der Waals surface area contributed by atoms with E-state index in [9.17, 15) is 0 Å². The summed E-state index contributed by atoms with van der Waals surface area (Å²) in [5, 5.41) is 1.37. The van der Waals surface area contributed by atoms with Gasteiger partial charge in [-0.15, -0.1) is 0 Å². The molecule has 1 heterocycles. The van der Waals surface area contributed by atoms with E-state index in [1.165, 1.54) is 47.0 Å². The lowest BCUT2D eigenvalue weighted by Crippen LogP contribution is -2.07. The number of aromatic amines is 1. The molecule has 0 fully saturated rings. The number of aromatic nitrogens is 1. The molecule has 0 aliphatic heterocycles. The van der Waals surface area contributed by atoms with E-state index in [2.05, 4.69) is 70.3 Å². The van der Waals surface area contributed by atoms with E-state index in [0.717, 1.165) is 22.6 Å². The SMILES string of the molecule is CCC1CCc2c([nH]c3ccc(Br)cc23)C(c2ccc(OC)cc2)C1. The summed E-state index contributed by atoms with van der Waals surface area (Å²) in [6.07, 6.45) is 4.90. The van der Waals surface area contributed by atoms with Gasteiger partial charge in [0.05, 0.1) is 7.11 Å². The van der Waals surface area contributed by atoms with Gasteiger partial charge in [-0.1, -0.05) is 41.4 Å². The number of hydrogen-bond acceptors (Lipinski definition) is 1. The number of ether oxygens (including phenoxy) is 1. The van der Waals surface area contributed by atoms with Crippen molar-refractivity contribution in [3.63, 3.8) is 0 Å². The summed E-state index contributed by atoms with van der Waals surface area (Å²) >= 11 is 3.64. The summed E-state index contributed by atoms with van der Waals surface area (Å²) in [5.41, 5.74) is 5.55. The predicted octanol–water partition coefficient (Wildman–Crippen LogP) is 6.43. The zero-order valence-electron chi connectivity index (χ0n) is 14.8. The molecular formula is C22H24BrNO. The second-order valence-corrected chi connectivity index (χ2v) is 8.00. The molecule has 0 saturated carbocycles. The highest BCUT2D eigenvalue weighted by Gasteiger charge is 2.28. The number of hydrogen-bond donors (Lipinski definition) is 1. The highest BCUT2D eigenvalue weighted by molar-refractivity contribution is 9.10. The van der Waals surface area contributed by atoms with Crippen molar-refractivity contribution in [3.8, 4) is 5.75 Å². The fourth-order valence-corrected chi connectivity index (χ4v) is 4.60. The first-order valence-electron chi connectivity index (χ1n) is 9.13. The third-order valence-electron chi connectivity index (χ3n) is 5.72. The topological polar surface area (TPSA) is 25.0 Å². The van der Waals surface area contributed by atoms with Crippen LogP contribution in [0.5, 0.6) is 5.75 Å². The predicted molar refractivity (Wildman–Crippen MR) is 108 cm³/mol. The maximum absolute atomic E-state index is 5.34. The van der Waals surface area contributed by atoms with Crippen molar-refractivity contribution in [2.24, 2.45) is 5.92 Å². The van der Waals surface area contributed by atoms with Gasteiger partial charge >= 0.3 is 0 Å². The van der Waals surface area contributed by atoms with Gasteiger partial charge in [-0.25, -0.2) is 0 Å². The quantitative estimate of drug-likeness (QED) is 0.505. The molecule has 3 aromatic rings. The molecular weight excluding hydrogens is 374 g/mol. The number of methoxy groups -OCH3 is 1. The van der Waals surface area contributed by atoms with Crippen LogP contribution in [0.4, 0.5) is 0 Å². The Bertz CT molecular complexity index is 881. The van der Waals surface area contributed by atoms with Crippen molar-refractivity contribution in [3.05, 3.63) is 63.8 Å². The number of rotatable bonds is 3. The third-order valence-corrected chi connectivity index (χ3v) is 6.21. The van der Waals surface area contributed by atoms with Crippen LogP contribution >= 0.6 is 15.9 Å². The highest BCUT2D eigenvalue weighted by atomic mass is 79.9. The Morgan fingerprint density at radius 1 is 1.16 bits per heavy atom. The molecule has 1 N–H and O–H groups in total. The number of halogens is 1. The zero-order valence-corrected chi connectivity index (χ0v) is 16.4. The van der Waals surface area contributed by atoms with Crippen molar-refractivity contribution in [1.29, 1.82) is 0 Å². The van der Waals surface area contributed by atoms with E-state index >= 15 is 0 Å². The molecule has 1 aliphatic rings. The molecule has 1 aliphatic carbocycles. The molecule has 0 radical (unpaired) electrons. The van der Waals surface area contributed by atoms with Crippen LogP contribution in [0, 0.1) is 5.92 Å². The van der Waals surface area contributed by atoms with Crippen LogP contribution in [-0.2, 0) is 6.42 Å². The summed E-state index contributed by atoms with van der Waals surface area (Å²) in [6.45, 7) is 2.32. The minimum Gasteiger partial charge on any atom is -0.497 e. The minimum absolute atomic E-state index is 0.430. The molecule has 0 saturated heterocycles. The van der Waals surface area contributed by atoms with Crippen LogP contribution in [0.3, 0.4) is 0 Å². The molecule has 2 nitrogen and oxygen atoms in total. The largest absolute Gasteiger partial charge is 0.497 e. The lowest BCUT2D eigenvalue weighted by Gasteiger charge is -2.20. The summed E-state index contributed by atoms with van der Waals surface area (Å²) in [5.74, 6) is 2.12. The number of fused-ring (bicyclic) bond motifs is 3. The van der Waals surface area contributed by atoms with E-state index in [4.69, 9.17) is 4.74 Å². The van der Waals surface area contributed by atoms with Gasteiger partial charge in [0.25, 0.3) is 0 Å². The first-order chi connectivity index (χ1) is 12.2. The molecule has 25 heavy (non-hydrogen) atoms. The smallest absolute Gasteiger partial charge is 0.118 e. The average molecular weight is 398 g/mol. The molecule has 0 bridgehead atoms. The summed E-state index contributed by atoms with van der Waals surface area (Å²) < 4.78 is 6.49. The molecule has 2 aromatic carbocycles. The number of aryl methyl sites for hydroxylation is 1. The monoisotopic (exact) mass is 397 g/mol. The van der Waals surface area contributed by atoms with Gasteiger partial charge in [0, 0.05) is 27.0 Å². The maximum Gasteiger partial charge on any atom is 0.118 e. The Labute approximate surface area is 157 Å². The molecule has 2 unspecified atom stereocenters. The number of H-pyrrole nitrogens is 1. The van der Waals surface area contributed by atoms with Crippen LogP contribution in [0.2, 0.25) is 0 Å². The van der Waals surface area contributed by atoms with Crippen molar-refractivity contribution in [2.75, 3.05) is 7.11 Å². The van der Waals surface area contributed by atoms with Gasteiger partial charge in [0.1, 0.15) is 5.75 Å². The number of benzene rings is 2. The summed E-state index contributed by atoms with van der Waals surface area (Å²) in [4.78, 5) is 3.75. The van der Waals surface area contributed by atoms with E-state index in [1.807, 2.05) is 0 Å². The zero-order chi connectivity index (χ0) is 17.4. The van der Waals surface area contributed by atoms with Crippen LogP contribution in [0.1, 0.15) is 48.9 Å². The van der Waals surface area contributed by atoms with E-state index < -0.39 is 0 Å². The third kappa shape index (κ3) is 3.10. The van der Waals surface area contributed by atoms with Crippen LogP contribution in [0.25, 0.3) is 10.9 Å². The second-order valence-electron chi connectivity index (χ2n) is 7.08. The Morgan fingerprint density at radius 3 is 2.68 bits per heavy atom. The maximum atomic E-state index is 5.34. The minimum atomic E-state index is 0.430. The van der Waals surface area contributed by atoms with Crippen molar-refractivity contribution in [1.82, 2.24) is 4.98 Å². The van der Waals surface area contributed by atoms with Gasteiger partial charge in [0.15, 0.2) is 0 Å². The Kier molecular flexibility index (Phi) is 4.60. The lowest BCUT2D eigenvalue weighted by molar-refractivity contribution is 0.413. The summed E-state index contributed by atoms with van der Waals surface area (Å²) in [7, 11) is 1.72. The first-order valence-corrected chi connectivity index (χ1v) is 9.92. The fraction of sp³-hybridized carbons (Fsp3) is 0.364. The van der Waals surface area contributed by atoms with E-state index in [1.54, 1.807) is 7.11 Å². The van der Waals surface area contributed by atoms with Crippen molar-refractivity contribution >= 4 is 26.8 Å². The molecule has 4 rings (SSSR count). The fourth-order valence-electron chi connectivity index (χ4n) is 4.23. The van der Waals surface area contributed by atoms with Crippen molar-refractivity contribution < 1.29 is 4.74 Å². The van der Waals surface area contributed by atoms with Crippen LogP contribution in [0.15, 0.2) is 46.9 Å². The van der Waals surface area contributed by atoms with Crippen LogP contribution in [-0.4, -0.2) is 12.1 Å². The lowest BCUT2D eigenvalue weighted by atomic mass is 9.86. The molecule has 0 amide bonds. The second kappa shape index (κ2) is 6.87. The molecule has 3 heteroatoms. The van der Waals surface area contributed by atoms with Crippen molar-refractivity contribution in [2.45, 2.75) is 38.5 Å². The summed E-state index contributed by atoms with van der Waals surface area (Å²) in [6, 6.07) is 15.2. The Balaban J connectivity index is 1.85. The number of nitrogens with one attached hydrogen (secondary N) is 1. The van der Waals surface area contributed by atoms with E-state index in [0.29, 0.717) is 5.92 Å². The molecule has 2 atom stereocenters. The van der Waals surface area contributed by atoms with Gasteiger partial charge < -0.3 is 9.72 Å². The Hall–Kier alpha value is -1.74. The van der Waals surface area contributed by atoms with Gasteiger partial charge in [-0.2, -0.15) is 0 Å². The molecule has 130 valence electrons. The normalized spacial score (nSPS) is 20.3.